The molecule has 2 rings (SSSR count). The summed E-state index contributed by atoms with van der Waals surface area (Å²) >= 11 is 0. The standard InChI is InChI=1S/C18H22F3N3O3S/c1-11(2)15(24-13-6-7-22-17(9-13)27-18(20)21)10-23-12-4-5-14(19)16(8-12)28(3,25)26/h4-9,11,15,18,23H,10H2,1-3H3,(H,22,24)/t15-/m0/s1. The number of hydrogen-bond donors (Lipinski definition) is 2. The van der Waals surface area contributed by atoms with Crippen LogP contribution in [-0.2, 0) is 9.84 Å². The number of halogens is 3. The van der Waals surface area contributed by atoms with Gasteiger partial charge in [-0.1, -0.05) is 13.8 Å². The van der Waals surface area contributed by atoms with Crippen molar-refractivity contribution in [3.8, 4) is 5.88 Å². The smallest absolute Gasteiger partial charge is 0.388 e. The van der Waals surface area contributed by atoms with Crippen molar-refractivity contribution in [1.82, 2.24) is 4.98 Å². The van der Waals surface area contributed by atoms with Crippen molar-refractivity contribution in [2.24, 2.45) is 5.92 Å². The van der Waals surface area contributed by atoms with E-state index in [0.29, 0.717) is 17.9 Å². The lowest BCUT2D eigenvalue weighted by Gasteiger charge is -2.24. The molecule has 1 heterocycles. The number of alkyl halides is 2. The number of hydrogen-bond acceptors (Lipinski definition) is 6. The van der Waals surface area contributed by atoms with Crippen LogP contribution in [0.3, 0.4) is 0 Å². The second-order valence-electron chi connectivity index (χ2n) is 6.55. The zero-order valence-electron chi connectivity index (χ0n) is 15.6. The third-order valence-corrected chi connectivity index (χ3v) is 5.07. The lowest BCUT2D eigenvalue weighted by molar-refractivity contribution is -0.0528. The summed E-state index contributed by atoms with van der Waals surface area (Å²) in [6, 6.07) is 6.61. The Kier molecular flexibility index (Phi) is 7.11. The number of nitrogens with one attached hydrogen (secondary N) is 2. The summed E-state index contributed by atoms with van der Waals surface area (Å²) in [6.45, 7) is 1.33. The van der Waals surface area contributed by atoms with Gasteiger partial charge in [0.25, 0.3) is 0 Å². The SMILES string of the molecule is CC(C)[C@H](CNc1ccc(F)c(S(C)(=O)=O)c1)Nc1ccnc(OC(F)F)c1. The minimum Gasteiger partial charge on any atom is -0.417 e. The molecule has 1 aromatic heterocycles. The molecule has 10 heteroatoms. The second-order valence-corrected chi connectivity index (χ2v) is 8.54. The Morgan fingerprint density at radius 2 is 1.86 bits per heavy atom. The van der Waals surface area contributed by atoms with Crippen LogP contribution >= 0.6 is 0 Å². The summed E-state index contributed by atoms with van der Waals surface area (Å²) in [6.07, 6.45) is 2.29. The van der Waals surface area contributed by atoms with Gasteiger partial charge in [-0.05, 0) is 30.2 Å². The fourth-order valence-corrected chi connectivity index (χ4v) is 3.21. The van der Waals surface area contributed by atoms with Gasteiger partial charge in [-0.2, -0.15) is 8.78 Å². The predicted octanol–water partition coefficient (Wildman–Crippen LogP) is 3.77. The van der Waals surface area contributed by atoms with Crippen molar-refractivity contribution in [2.75, 3.05) is 23.4 Å². The van der Waals surface area contributed by atoms with E-state index in [2.05, 4.69) is 20.4 Å². The van der Waals surface area contributed by atoms with Gasteiger partial charge in [0.1, 0.15) is 10.7 Å². The molecule has 0 saturated heterocycles. The molecule has 0 saturated carbocycles. The topological polar surface area (TPSA) is 80.3 Å². The summed E-state index contributed by atoms with van der Waals surface area (Å²) < 4.78 is 66.0. The molecule has 0 amide bonds. The Bertz CT molecular complexity index is 908. The van der Waals surface area contributed by atoms with Crippen molar-refractivity contribution >= 4 is 21.2 Å². The van der Waals surface area contributed by atoms with Crippen LogP contribution in [0.15, 0.2) is 41.4 Å². The number of aromatic nitrogens is 1. The van der Waals surface area contributed by atoms with Crippen LogP contribution in [0.25, 0.3) is 0 Å². The first-order valence-corrected chi connectivity index (χ1v) is 10.4. The van der Waals surface area contributed by atoms with E-state index in [0.717, 1.165) is 12.3 Å². The van der Waals surface area contributed by atoms with Gasteiger partial charge in [0.2, 0.25) is 5.88 Å². The monoisotopic (exact) mass is 417 g/mol. The Balaban J connectivity index is 2.10. The summed E-state index contributed by atoms with van der Waals surface area (Å²) in [4.78, 5) is 3.34. The Morgan fingerprint density at radius 1 is 1.14 bits per heavy atom. The molecule has 0 spiro atoms. The number of ether oxygens (including phenoxy) is 1. The zero-order chi connectivity index (χ0) is 20.9. The molecule has 2 N–H and O–H groups in total. The van der Waals surface area contributed by atoms with E-state index in [1.54, 1.807) is 6.07 Å². The molecule has 0 aliphatic rings. The van der Waals surface area contributed by atoms with Crippen LogP contribution in [0.1, 0.15) is 13.8 Å². The first kappa shape index (κ1) is 21.8. The molecule has 28 heavy (non-hydrogen) atoms. The van der Waals surface area contributed by atoms with Crippen LogP contribution in [0, 0.1) is 11.7 Å². The van der Waals surface area contributed by atoms with Crippen LogP contribution < -0.4 is 15.4 Å². The lowest BCUT2D eigenvalue weighted by atomic mass is 10.0. The summed E-state index contributed by atoms with van der Waals surface area (Å²) in [5.41, 5.74) is 0.993. The van der Waals surface area contributed by atoms with Crippen LogP contribution in [0.4, 0.5) is 24.5 Å². The number of sulfone groups is 1. The lowest BCUT2D eigenvalue weighted by Crippen LogP contribution is -2.33. The highest BCUT2D eigenvalue weighted by Crippen LogP contribution is 2.21. The maximum absolute atomic E-state index is 13.7. The fraction of sp³-hybridized carbons (Fsp3) is 0.389. The maximum Gasteiger partial charge on any atom is 0.388 e. The van der Waals surface area contributed by atoms with Gasteiger partial charge in [0.15, 0.2) is 9.84 Å². The average molecular weight is 417 g/mol. The van der Waals surface area contributed by atoms with Gasteiger partial charge >= 0.3 is 6.61 Å². The fourth-order valence-electron chi connectivity index (χ4n) is 2.45. The van der Waals surface area contributed by atoms with Crippen LogP contribution in [-0.4, -0.2) is 38.9 Å². The maximum atomic E-state index is 13.7. The van der Waals surface area contributed by atoms with Crippen LogP contribution in [0.5, 0.6) is 5.88 Å². The van der Waals surface area contributed by atoms with Gasteiger partial charge in [0.05, 0.1) is 0 Å². The van der Waals surface area contributed by atoms with Crippen molar-refractivity contribution in [2.45, 2.75) is 31.4 Å². The zero-order valence-corrected chi connectivity index (χ0v) is 16.4. The summed E-state index contributed by atoms with van der Waals surface area (Å²) in [7, 11) is -3.69. The van der Waals surface area contributed by atoms with E-state index in [-0.39, 0.29) is 22.7 Å². The van der Waals surface area contributed by atoms with E-state index in [9.17, 15) is 21.6 Å². The van der Waals surface area contributed by atoms with E-state index in [4.69, 9.17) is 0 Å². The number of nitrogens with zero attached hydrogens (tertiary/aromatic N) is 1. The number of pyridine rings is 1. The molecule has 0 unspecified atom stereocenters. The second kappa shape index (κ2) is 9.13. The molecule has 2 aromatic rings. The molecule has 0 aliphatic carbocycles. The van der Waals surface area contributed by atoms with Gasteiger partial charge in [-0.25, -0.2) is 17.8 Å². The third-order valence-electron chi connectivity index (χ3n) is 3.96. The molecular weight excluding hydrogens is 395 g/mol. The van der Waals surface area contributed by atoms with Gasteiger partial charge < -0.3 is 15.4 Å². The van der Waals surface area contributed by atoms with E-state index in [1.807, 2.05) is 13.8 Å². The molecule has 1 atom stereocenters. The largest absolute Gasteiger partial charge is 0.417 e. The average Bonchev–Trinajstić information content (AvgIpc) is 2.58. The Labute approximate surface area is 162 Å². The highest BCUT2D eigenvalue weighted by molar-refractivity contribution is 7.90. The number of benzene rings is 1. The van der Waals surface area contributed by atoms with Crippen molar-refractivity contribution in [1.29, 1.82) is 0 Å². The molecular formula is C18H22F3N3O3S. The highest BCUT2D eigenvalue weighted by atomic mass is 32.2. The van der Waals surface area contributed by atoms with Gasteiger partial charge in [-0.15, -0.1) is 0 Å². The molecule has 0 fully saturated rings. The number of anilines is 2. The molecule has 6 nitrogen and oxygen atoms in total. The predicted molar refractivity (Wildman–Crippen MR) is 101 cm³/mol. The number of rotatable bonds is 9. The first-order valence-electron chi connectivity index (χ1n) is 8.47. The third kappa shape index (κ3) is 6.29. The summed E-state index contributed by atoms with van der Waals surface area (Å²) in [5.74, 6) is -0.878. The molecule has 1 aromatic carbocycles. The molecule has 0 bridgehead atoms. The Hall–Kier alpha value is -2.49. The minimum absolute atomic E-state index is 0.134. The summed E-state index contributed by atoms with van der Waals surface area (Å²) in [5, 5.41) is 6.27. The van der Waals surface area contributed by atoms with Crippen molar-refractivity contribution in [3.63, 3.8) is 0 Å². The van der Waals surface area contributed by atoms with Crippen LogP contribution in [0.2, 0.25) is 0 Å². The van der Waals surface area contributed by atoms with Crippen molar-refractivity contribution < 1.29 is 26.3 Å². The van der Waals surface area contributed by atoms with Gasteiger partial charge in [-0.3, -0.25) is 0 Å². The normalized spacial score (nSPS) is 12.9. The Morgan fingerprint density at radius 3 is 2.46 bits per heavy atom. The first-order chi connectivity index (χ1) is 13.1. The van der Waals surface area contributed by atoms with Crippen molar-refractivity contribution in [3.05, 3.63) is 42.3 Å². The highest BCUT2D eigenvalue weighted by Gasteiger charge is 2.17. The molecule has 0 aliphatic heterocycles. The molecule has 0 radical (unpaired) electrons. The van der Waals surface area contributed by atoms with Gasteiger partial charge in [0, 0.05) is 42.5 Å². The minimum atomic E-state index is -3.69. The van der Waals surface area contributed by atoms with E-state index in [1.165, 1.54) is 24.4 Å². The van der Waals surface area contributed by atoms with E-state index < -0.39 is 22.3 Å². The molecule has 154 valence electrons. The quantitative estimate of drug-likeness (QED) is 0.647. The van der Waals surface area contributed by atoms with E-state index >= 15 is 0 Å².